The van der Waals surface area contributed by atoms with Crippen molar-refractivity contribution in [1.82, 2.24) is 14.6 Å². The van der Waals surface area contributed by atoms with E-state index in [9.17, 15) is 31.1 Å². The zero-order valence-corrected chi connectivity index (χ0v) is 25.6. The second kappa shape index (κ2) is 12.3. The number of piperidine rings is 1. The lowest BCUT2D eigenvalue weighted by atomic mass is 9.88. The molecular formula is C29H36FN3O8S2. The first-order valence-corrected chi connectivity index (χ1v) is 17.1. The number of sulfonamides is 1. The van der Waals surface area contributed by atoms with Crippen molar-refractivity contribution in [2.24, 2.45) is 0 Å². The molecule has 1 aromatic heterocycles. The van der Waals surface area contributed by atoms with Crippen LogP contribution in [0, 0.1) is 5.82 Å². The van der Waals surface area contributed by atoms with Crippen LogP contribution in [0.5, 0.6) is 5.75 Å². The number of H-pyrrole nitrogens is 1. The molecule has 0 aliphatic carbocycles. The van der Waals surface area contributed by atoms with E-state index < -0.39 is 53.0 Å². The number of hydrogen-bond donors (Lipinski definition) is 3. The lowest BCUT2D eigenvalue weighted by Crippen LogP contribution is -2.47. The van der Waals surface area contributed by atoms with Crippen molar-refractivity contribution in [3.63, 3.8) is 0 Å². The number of aliphatic hydroxyl groups is 1. The Hall–Kier alpha value is -2.88. The molecule has 2 atom stereocenters. The number of ether oxygens (including phenoxy) is 2. The molecule has 3 heterocycles. The molecule has 14 heteroatoms. The van der Waals surface area contributed by atoms with Gasteiger partial charge in [0.15, 0.2) is 9.84 Å². The van der Waals surface area contributed by atoms with Crippen molar-refractivity contribution in [3.05, 3.63) is 64.7 Å². The molecule has 2 fully saturated rings. The molecule has 11 nitrogen and oxygen atoms in total. The molecule has 0 saturated carbocycles. The van der Waals surface area contributed by atoms with Gasteiger partial charge in [0.1, 0.15) is 29.2 Å². The maximum atomic E-state index is 14.0. The van der Waals surface area contributed by atoms with Crippen LogP contribution in [-0.2, 0) is 24.6 Å². The van der Waals surface area contributed by atoms with Crippen LogP contribution in [0.25, 0.3) is 10.9 Å². The highest BCUT2D eigenvalue weighted by Crippen LogP contribution is 2.37. The van der Waals surface area contributed by atoms with Gasteiger partial charge < -0.3 is 24.9 Å². The fourth-order valence-electron chi connectivity index (χ4n) is 5.55. The Morgan fingerprint density at radius 2 is 1.88 bits per heavy atom. The SMILES string of the molecule is CC(C)S(=O)(=O)c1cccc(OC[C@@H](O)CN[C@H]2COC3(CCN(S(=O)(=O)c4c[nH]c5c(F)cccc5c4=O)CC3)C2)c1. The molecule has 234 valence electrons. The third-order valence-corrected chi connectivity index (χ3v) is 12.2. The number of pyridine rings is 1. The maximum Gasteiger partial charge on any atom is 0.248 e. The van der Waals surface area contributed by atoms with Gasteiger partial charge in [0.05, 0.1) is 27.9 Å². The average Bonchev–Trinajstić information content (AvgIpc) is 3.37. The quantitative estimate of drug-likeness (QED) is 0.303. The summed E-state index contributed by atoms with van der Waals surface area (Å²) in [7, 11) is -7.55. The topological polar surface area (TPSA) is 155 Å². The van der Waals surface area contributed by atoms with Crippen LogP contribution in [0.3, 0.4) is 0 Å². The standard InChI is InChI=1S/C29H36FN3O8S2/c1-19(2)42(36,37)23-6-3-5-22(13-23)40-18-21(34)15-31-20-14-29(41-17-20)9-11-33(12-10-29)43(38,39)26-16-32-27-24(28(26)35)7-4-8-25(27)30/h3-8,13,16,19-21,31,34H,9-12,14-15,17-18H2,1-2H3,(H,32,35)/t20-,21+/m1/s1. The van der Waals surface area contributed by atoms with Gasteiger partial charge in [0.25, 0.3) is 0 Å². The lowest BCUT2D eigenvalue weighted by molar-refractivity contribution is -0.0312. The number of aliphatic hydroxyl groups excluding tert-OH is 1. The zero-order valence-electron chi connectivity index (χ0n) is 24.0. The molecule has 2 aliphatic rings. The molecule has 43 heavy (non-hydrogen) atoms. The Morgan fingerprint density at radius 3 is 2.60 bits per heavy atom. The Bertz CT molecular complexity index is 1750. The van der Waals surface area contributed by atoms with E-state index in [0.717, 1.165) is 6.20 Å². The molecule has 0 radical (unpaired) electrons. The third kappa shape index (κ3) is 6.49. The highest BCUT2D eigenvalue weighted by Gasteiger charge is 2.45. The average molecular weight is 638 g/mol. The van der Waals surface area contributed by atoms with Crippen LogP contribution in [0.4, 0.5) is 4.39 Å². The molecule has 2 aliphatic heterocycles. The van der Waals surface area contributed by atoms with Gasteiger partial charge in [-0.1, -0.05) is 12.1 Å². The normalized spacial score (nSPS) is 20.2. The predicted octanol–water partition coefficient (Wildman–Crippen LogP) is 2.19. The number of rotatable bonds is 10. The summed E-state index contributed by atoms with van der Waals surface area (Å²) in [6.45, 7) is 4.13. The maximum absolute atomic E-state index is 14.0. The Balaban J connectivity index is 1.12. The number of nitrogens with zero attached hydrogens (tertiary/aromatic N) is 1. The fraction of sp³-hybridized carbons (Fsp3) is 0.483. The Kier molecular flexibility index (Phi) is 8.99. The molecule has 0 bridgehead atoms. The number of para-hydroxylation sites is 1. The summed E-state index contributed by atoms with van der Waals surface area (Å²) in [5.74, 6) is -0.284. The van der Waals surface area contributed by atoms with Crippen molar-refractivity contribution in [2.45, 2.75) is 65.9 Å². The first-order valence-electron chi connectivity index (χ1n) is 14.1. The summed E-state index contributed by atoms with van der Waals surface area (Å²) >= 11 is 0. The first-order chi connectivity index (χ1) is 20.3. The summed E-state index contributed by atoms with van der Waals surface area (Å²) in [6, 6.07) is 10.1. The minimum Gasteiger partial charge on any atom is -0.491 e. The number of benzene rings is 2. The van der Waals surface area contributed by atoms with E-state index in [1.54, 1.807) is 26.0 Å². The molecule has 3 N–H and O–H groups in total. The molecular weight excluding hydrogens is 601 g/mol. The van der Waals surface area contributed by atoms with Crippen molar-refractivity contribution in [1.29, 1.82) is 0 Å². The zero-order chi connectivity index (χ0) is 31.0. The van der Waals surface area contributed by atoms with E-state index in [1.807, 2.05) is 0 Å². The minimum atomic E-state index is -4.11. The molecule has 0 unspecified atom stereocenters. The summed E-state index contributed by atoms with van der Waals surface area (Å²) in [5.41, 5.74) is -1.30. The fourth-order valence-corrected chi connectivity index (χ4v) is 8.14. The van der Waals surface area contributed by atoms with Crippen LogP contribution >= 0.6 is 0 Å². The number of aromatic amines is 1. The van der Waals surface area contributed by atoms with Crippen LogP contribution in [0.2, 0.25) is 0 Å². The smallest absolute Gasteiger partial charge is 0.248 e. The van der Waals surface area contributed by atoms with Crippen LogP contribution in [-0.4, -0.2) is 87.1 Å². The van der Waals surface area contributed by atoms with E-state index in [0.29, 0.717) is 31.6 Å². The number of halogens is 1. The first kappa shape index (κ1) is 31.5. The number of nitrogens with one attached hydrogen (secondary N) is 2. The van der Waals surface area contributed by atoms with E-state index in [-0.39, 0.29) is 48.1 Å². The van der Waals surface area contributed by atoms with E-state index in [4.69, 9.17) is 9.47 Å². The van der Waals surface area contributed by atoms with Gasteiger partial charge in [0.2, 0.25) is 15.5 Å². The second-order valence-electron chi connectivity index (χ2n) is 11.4. The number of fused-ring (bicyclic) bond motifs is 1. The third-order valence-electron chi connectivity index (χ3n) is 8.13. The monoisotopic (exact) mass is 637 g/mol. The summed E-state index contributed by atoms with van der Waals surface area (Å²) in [6.07, 6.45) is 1.69. The number of sulfone groups is 1. The molecule has 3 aromatic rings. The Morgan fingerprint density at radius 1 is 1.16 bits per heavy atom. The highest BCUT2D eigenvalue weighted by molar-refractivity contribution is 7.92. The number of hydrogen-bond acceptors (Lipinski definition) is 9. The lowest BCUT2D eigenvalue weighted by Gasteiger charge is -2.37. The van der Waals surface area contributed by atoms with Crippen molar-refractivity contribution in [3.8, 4) is 5.75 Å². The van der Waals surface area contributed by atoms with Gasteiger partial charge in [-0.3, -0.25) is 4.79 Å². The molecule has 0 amide bonds. The van der Waals surface area contributed by atoms with E-state index in [1.165, 1.54) is 34.6 Å². The summed E-state index contributed by atoms with van der Waals surface area (Å²) in [4.78, 5) is 15.3. The predicted molar refractivity (Wildman–Crippen MR) is 158 cm³/mol. The van der Waals surface area contributed by atoms with Gasteiger partial charge >= 0.3 is 0 Å². The van der Waals surface area contributed by atoms with Gasteiger partial charge in [-0.15, -0.1) is 0 Å². The Labute approximate surface area is 250 Å². The summed E-state index contributed by atoms with van der Waals surface area (Å²) < 4.78 is 78.6. The van der Waals surface area contributed by atoms with Crippen molar-refractivity contribution < 1.29 is 35.8 Å². The second-order valence-corrected chi connectivity index (χ2v) is 15.8. The van der Waals surface area contributed by atoms with Crippen LogP contribution in [0.1, 0.15) is 33.1 Å². The van der Waals surface area contributed by atoms with Gasteiger partial charge in [-0.2, -0.15) is 4.31 Å². The highest BCUT2D eigenvalue weighted by atomic mass is 32.2. The van der Waals surface area contributed by atoms with Crippen LogP contribution < -0.4 is 15.5 Å². The van der Waals surface area contributed by atoms with Crippen molar-refractivity contribution >= 4 is 30.8 Å². The molecule has 2 saturated heterocycles. The summed E-state index contributed by atoms with van der Waals surface area (Å²) in [5, 5.41) is 13.1. The molecule has 2 aromatic carbocycles. The molecule has 5 rings (SSSR count). The van der Waals surface area contributed by atoms with Crippen molar-refractivity contribution in [2.75, 3.05) is 32.8 Å². The minimum absolute atomic E-state index is 0.0252. The van der Waals surface area contributed by atoms with Gasteiger partial charge in [-0.05, 0) is 63.4 Å². The van der Waals surface area contributed by atoms with Gasteiger partial charge in [-0.25, -0.2) is 21.2 Å². The van der Waals surface area contributed by atoms with Crippen LogP contribution in [0.15, 0.2) is 63.2 Å². The molecule has 1 spiro atoms. The van der Waals surface area contributed by atoms with E-state index in [2.05, 4.69) is 10.3 Å². The van der Waals surface area contributed by atoms with E-state index >= 15 is 0 Å². The largest absolute Gasteiger partial charge is 0.491 e. The number of aromatic nitrogens is 1. The van der Waals surface area contributed by atoms with Gasteiger partial charge in [0, 0.05) is 37.3 Å².